The third kappa shape index (κ3) is 3.77. The minimum atomic E-state index is -4.53. The predicted molar refractivity (Wildman–Crippen MR) is 73.2 cm³/mol. The number of hydrogen-bond acceptors (Lipinski definition) is 4. The Bertz CT molecular complexity index is 544. The van der Waals surface area contributed by atoms with Crippen molar-refractivity contribution in [2.45, 2.75) is 50.6 Å². The van der Waals surface area contributed by atoms with Gasteiger partial charge in [-0.05, 0) is 12.8 Å². The summed E-state index contributed by atoms with van der Waals surface area (Å²) in [6.45, 7) is 1.56. The van der Waals surface area contributed by atoms with E-state index in [9.17, 15) is 18.0 Å². The summed E-state index contributed by atoms with van der Waals surface area (Å²) in [7, 11) is 0. The molecule has 1 saturated heterocycles. The van der Waals surface area contributed by atoms with Crippen LogP contribution in [0.2, 0.25) is 0 Å². The number of aryl methyl sites for hydroxylation is 1. The number of carbonyl (C=O) groups is 1. The number of alkyl halides is 3. The van der Waals surface area contributed by atoms with Crippen molar-refractivity contribution < 1.29 is 27.4 Å². The van der Waals surface area contributed by atoms with Gasteiger partial charge in [0.05, 0.1) is 12.7 Å². The van der Waals surface area contributed by atoms with Crippen LogP contribution in [0.5, 0.6) is 5.88 Å². The van der Waals surface area contributed by atoms with Crippen LogP contribution in [0.15, 0.2) is 6.07 Å². The standard InChI is InChI=1S/C14H18F3N3O3/c15-14(16,17)11(7-9-3-1-5-22-9)18-13(21)10-8-12-20(19-10)4-2-6-23-12/h8-9,11H,1-7H2,(H,18,21). The van der Waals surface area contributed by atoms with E-state index in [2.05, 4.69) is 5.10 Å². The molecule has 2 atom stereocenters. The summed E-state index contributed by atoms with van der Waals surface area (Å²) >= 11 is 0. The topological polar surface area (TPSA) is 65.4 Å². The SMILES string of the molecule is O=C(NC(CC1CCCO1)C(F)(F)F)c1cc2n(n1)CCCO2. The van der Waals surface area contributed by atoms with Crippen LogP contribution in [0.25, 0.3) is 0 Å². The van der Waals surface area contributed by atoms with Crippen LogP contribution in [0, 0.1) is 0 Å². The zero-order valence-corrected chi connectivity index (χ0v) is 12.4. The quantitative estimate of drug-likeness (QED) is 0.914. The summed E-state index contributed by atoms with van der Waals surface area (Å²) < 4.78 is 51.5. The predicted octanol–water partition coefficient (Wildman–Crippen LogP) is 1.90. The zero-order valence-electron chi connectivity index (χ0n) is 12.4. The molecule has 6 nitrogen and oxygen atoms in total. The highest BCUT2D eigenvalue weighted by Crippen LogP contribution is 2.28. The van der Waals surface area contributed by atoms with Gasteiger partial charge in [0, 0.05) is 32.1 Å². The van der Waals surface area contributed by atoms with Gasteiger partial charge in [0.1, 0.15) is 6.04 Å². The first-order valence-electron chi connectivity index (χ1n) is 7.63. The molecule has 128 valence electrons. The summed E-state index contributed by atoms with van der Waals surface area (Å²) in [6.07, 6.45) is -3.21. The van der Waals surface area contributed by atoms with Gasteiger partial charge >= 0.3 is 6.18 Å². The maximum atomic E-state index is 13.2. The van der Waals surface area contributed by atoms with Gasteiger partial charge < -0.3 is 14.8 Å². The number of hydrogen-bond donors (Lipinski definition) is 1. The zero-order chi connectivity index (χ0) is 16.4. The minimum absolute atomic E-state index is 0.0662. The first-order chi connectivity index (χ1) is 10.9. The van der Waals surface area contributed by atoms with E-state index in [1.807, 2.05) is 5.32 Å². The number of rotatable bonds is 4. The third-order valence-electron chi connectivity index (χ3n) is 3.96. The highest BCUT2D eigenvalue weighted by atomic mass is 19.4. The van der Waals surface area contributed by atoms with Crippen LogP contribution < -0.4 is 10.1 Å². The third-order valence-corrected chi connectivity index (χ3v) is 3.96. The van der Waals surface area contributed by atoms with Crippen LogP contribution in [0.1, 0.15) is 36.2 Å². The van der Waals surface area contributed by atoms with Crippen LogP contribution in [-0.4, -0.2) is 47.2 Å². The first kappa shape index (κ1) is 16.1. The van der Waals surface area contributed by atoms with Crippen LogP contribution in [-0.2, 0) is 11.3 Å². The Morgan fingerprint density at radius 3 is 2.91 bits per heavy atom. The molecule has 2 aliphatic heterocycles. The van der Waals surface area contributed by atoms with Gasteiger partial charge in [-0.15, -0.1) is 0 Å². The number of nitrogens with zero attached hydrogens (tertiary/aromatic N) is 2. The van der Waals surface area contributed by atoms with Gasteiger partial charge in [-0.3, -0.25) is 4.79 Å². The molecule has 23 heavy (non-hydrogen) atoms. The highest BCUT2D eigenvalue weighted by Gasteiger charge is 2.43. The number of carbonyl (C=O) groups excluding carboxylic acids is 1. The molecule has 0 radical (unpaired) electrons. The molecular weight excluding hydrogens is 315 g/mol. The molecule has 1 aromatic rings. The largest absolute Gasteiger partial charge is 0.478 e. The van der Waals surface area contributed by atoms with Crippen molar-refractivity contribution in [1.82, 2.24) is 15.1 Å². The molecule has 3 rings (SSSR count). The van der Waals surface area contributed by atoms with Crippen LogP contribution in [0.4, 0.5) is 13.2 Å². The molecule has 9 heteroatoms. The van der Waals surface area contributed by atoms with E-state index in [-0.39, 0.29) is 12.1 Å². The fourth-order valence-electron chi connectivity index (χ4n) is 2.78. The monoisotopic (exact) mass is 333 g/mol. The Morgan fingerprint density at radius 1 is 1.43 bits per heavy atom. The molecule has 1 aromatic heterocycles. The fraction of sp³-hybridized carbons (Fsp3) is 0.714. The Morgan fingerprint density at radius 2 is 2.26 bits per heavy atom. The van der Waals surface area contributed by atoms with E-state index in [4.69, 9.17) is 9.47 Å². The molecule has 1 amide bonds. The van der Waals surface area contributed by atoms with Crippen LogP contribution >= 0.6 is 0 Å². The van der Waals surface area contributed by atoms with E-state index >= 15 is 0 Å². The summed E-state index contributed by atoms with van der Waals surface area (Å²) in [5, 5.41) is 6.03. The van der Waals surface area contributed by atoms with Gasteiger partial charge in [-0.2, -0.15) is 18.3 Å². The lowest BCUT2D eigenvalue weighted by Gasteiger charge is -2.23. The second-order valence-electron chi connectivity index (χ2n) is 5.73. The minimum Gasteiger partial charge on any atom is -0.478 e. The average Bonchev–Trinajstić information content (AvgIpc) is 3.14. The van der Waals surface area contributed by atoms with Gasteiger partial charge in [-0.25, -0.2) is 4.68 Å². The normalized spacial score (nSPS) is 22.3. The fourth-order valence-corrected chi connectivity index (χ4v) is 2.78. The number of fused-ring (bicyclic) bond motifs is 1. The lowest BCUT2D eigenvalue weighted by molar-refractivity contribution is -0.160. The Balaban J connectivity index is 1.68. The van der Waals surface area contributed by atoms with Gasteiger partial charge in [0.2, 0.25) is 5.88 Å². The first-order valence-corrected chi connectivity index (χ1v) is 7.63. The number of ether oxygens (including phenoxy) is 2. The smallest absolute Gasteiger partial charge is 0.408 e. The van der Waals surface area contributed by atoms with Crippen LogP contribution in [0.3, 0.4) is 0 Å². The molecule has 3 heterocycles. The van der Waals surface area contributed by atoms with E-state index in [0.717, 1.165) is 12.8 Å². The van der Waals surface area contributed by atoms with E-state index in [1.165, 1.54) is 10.7 Å². The average molecular weight is 333 g/mol. The molecule has 2 unspecified atom stereocenters. The summed E-state index contributed by atoms with van der Waals surface area (Å²) in [6, 6.07) is -0.577. The molecule has 1 fully saturated rings. The van der Waals surface area contributed by atoms with Gasteiger partial charge in [-0.1, -0.05) is 0 Å². The molecule has 0 aromatic carbocycles. The molecule has 1 N–H and O–H groups in total. The van der Waals surface area contributed by atoms with Crippen molar-refractivity contribution in [3.63, 3.8) is 0 Å². The van der Waals surface area contributed by atoms with Crippen molar-refractivity contribution in [3.05, 3.63) is 11.8 Å². The van der Waals surface area contributed by atoms with Crippen molar-refractivity contribution in [2.75, 3.05) is 13.2 Å². The Kier molecular flexibility index (Phi) is 4.47. The molecule has 0 aliphatic carbocycles. The summed E-state index contributed by atoms with van der Waals surface area (Å²) in [4.78, 5) is 12.1. The van der Waals surface area contributed by atoms with E-state index < -0.39 is 24.2 Å². The Hall–Kier alpha value is -1.77. The number of amides is 1. The van der Waals surface area contributed by atoms with Crippen molar-refractivity contribution >= 4 is 5.91 Å². The van der Waals surface area contributed by atoms with Gasteiger partial charge in [0.25, 0.3) is 5.91 Å². The van der Waals surface area contributed by atoms with E-state index in [0.29, 0.717) is 32.1 Å². The summed E-state index contributed by atoms with van der Waals surface area (Å²) in [5.41, 5.74) is -0.0662. The number of aromatic nitrogens is 2. The molecule has 0 spiro atoms. The Labute approximate surface area is 130 Å². The maximum Gasteiger partial charge on any atom is 0.408 e. The van der Waals surface area contributed by atoms with Crippen molar-refractivity contribution in [1.29, 1.82) is 0 Å². The second-order valence-corrected chi connectivity index (χ2v) is 5.73. The number of halogens is 3. The molecule has 0 bridgehead atoms. The van der Waals surface area contributed by atoms with Crippen molar-refractivity contribution in [2.24, 2.45) is 0 Å². The lowest BCUT2D eigenvalue weighted by atomic mass is 10.1. The molecule has 0 saturated carbocycles. The second kappa shape index (κ2) is 6.38. The summed E-state index contributed by atoms with van der Waals surface area (Å²) in [5.74, 6) is -0.445. The molecule has 2 aliphatic rings. The molecular formula is C14H18F3N3O3. The maximum absolute atomic E-state index is 13.2. The number of nitrogens with one attached hydrogen (secondary N) is 1. The lowest BCUT2D eigenvalue weighted by Crippen LogP contribution is -2.47. The van der Waals surface area contributed by atoms with Gasteiger partial charge in [0.15, 0.2) is 5.69 Å². The van der Waals surface area contributed by atoms with Crippen molar-refractivity contribution in [3.8, 4) is 5.88 Å². The highest BCUT2D eigenvalue weighted by molar-refractivity contribution is 5.92. The van der Waals surface area contributed by atoms with E-state index in [1.54, 1.807) is 0 Å².